The smallest absolute Gasteiger partial charge is 0.504 e. The average Bonchev–Trinajstić information content (AvgIpc) is 3.54. The van der Waals surface area contributed by atoms with Crippen molar-refractivity contribution in [2.45, 2.75) is 18.7 Å². The molecule has 0 aliphatic rings. The first-order valence-electron chi connectivity index (χ1n) is 14.3. The van der Waals surface area contributed by atoms with Crippen molar-refractivity contribution < 1.29 is 80.3 Å². The first-order valence-corrected chi connectivity index (χ1v) is 16.9. The average molecular weight is 847 g/mol. The Morgan fingerprint density at radius 1 is 0.623 bits per heavy atom. The Morgan fingerprint density at radius 2 is 1.02 bits per heavy atom. The molecule has 21 heteroatoms. The number of hydrogen-bond donors (Lipinski definition) is 5. The van der Waals surface area contributed by atoms with E-state index in [1.165, 1.54) is 21.5 Å². The zero-order valence-electron chi connectivity index (χ0n) is 27.7. The summed E-state index contributed by atoms with van der Waals surface area (Å²) in [6, 6.07) is 22.8. The second kappa shape index (κ2) is 18.4. The minimum atomic E-state index is -4.71. The van der Waals surface area contributed by atoms with E-state index in [1.807, 2.05) is 24.3 Å². The van der Waals surface area contributed by atoms with Crippen molar-refractivity contribution in [2.24, 2.45) is 20.5 Å². The summed E-state index contributed by atoms with van der Waals surface area (Å²) in [7, 11) is -4.71. The minimum absolute atomic E-state index is 0. The van der Waals surface area contributed by atoms with Gasteiger partial charge < -0.3 is 20.4 Å². The Bertz CT molecular complexity index is 2420. The zero-order chi connectivity index (χ0) is 37.0. The van der Waals surface area contributed by atoms with Crippen molar-refractivity contribution in [1.29, 1.82) is 0 Å². The van der Waals surface area contributed by atoms with Crippen LogP contribution in [0.1, 0.15) is 11.4 Å². The van der Waals surface area contributed by atoms with Crippen molar-refractivity contribution in [2.75, 3.05) is 0 Å². The Labute approximate surface area is 350 Å². The van der Waals surface area contributed by atoms with Gasteiger partial charge in [0.1, 0.15) is 16.3 Å². The Morgan fingerprint density at radius 3 is 1.43 bits per heavy atom. The second-order valence-electron chi connectivity index (χ2n) is 10.4. The number of hydrogen-bond acceptors (Lipinski definition) is 12. The summed E-state index contributed by atoms with van der Waals surface area (Å²) >= 11 is 17.5. The molecule has 0 atom stereocenters. The largest absolute Gasteiger partial charge is 1.00 e. The number of phenols is 2. The third kappa shape index (κ3) is 10.2. The number of nitrogens with zero attached hydrogens (tertiary/aromatic N) is 8. The predicted octanol–water partition coefficient (Wildman–Crippen LogP) is 6.22. The van der Waals surface area contributed by atoms with E-state index in [0.29, 0.717) is 27.8 Å². The molecule has 5 N–H and O–H groups in total. The summed E-state index contributed by atoms with van der Waals surface area (Å²) in [4.78, 5) is -0.801. The molecule has 0 saturated heterocycles. The number of azo groups is 2. The molecule has 0 radical (unpaired) electrons. The van der Waals surface area contributed by atoms with Crippen molar-refractivity contribution in [3.05, 3.63) is 111 Å². The number of phenolic OH excluding ortho intramolecular Hbond substituents is 2. The topological polar surface area (TPSA) is 220 Å². The number of aromatic hydroxyl groups is 4. The van der Waals surface area contributed by atoms with E-state index in [9.17, 15) is 28.8 Å². The van der Waals surface area contributed by atoms with E-state index >= 15 is 0 Å². The second-order valence-corrected chi connectivity index (χ2v) is 13.1. The fourth-order valence-corrected chi connectivity index (χ4v) is 5.80. The molecule has 2 aromatic heterocycles. The molecule has 0 bridgehead atoms. The molecule has 6 aromatic rings. The van der Waals surface area contributed by atoms with Crippen LogP contribution in [-0.4, -0.2) is 53.0 Å². The van der Waals surface area contributed by atoms with Gasteiger partial charge in [-0.1, -0.05) is 71.2 Å². The van der Waals surface area contributed by atoms with E-state index < -0.39 is 20.8 Å². The van der Waals surface area contributed by atoms with Gasteiger partial charge in [-0.25, -0.2) is 0 Å². The number of aromatic nitrogens is 4. The molecule has 0 amide bonds. The van der Waals surface area contributed by atoms with Crippen LogP contribution in [0.2, 0.25) is 15.1 Å². The van der Waals surface area contributed by atoms with Gasteiger partial charge in [-0.15, -0.1) is 20.5 Å². The molecule has 0 fully saturated rings. The first kappa shape index (κ1) is 43.4. The Balaban J connectivity index is 0.000000277. The Hall–Kier alpha value is -3.99. The fourth-order valence-electron chi connectivity index (χ4n) is 4.42. The van der Waals surface area contributed by atoms with E-state index in [-0.39, 0.29) is 97.2 Å². The fraction of sp³-hybridized carbons (Fsp3) is 0.0625. The molecular weight excluding hydrogens is 822 g/mol. The third-order valence-corrected chi connectivity index (χ3v) is 8.42. The van der Waals surface area contributed by atoms with Crippen LogP contribution in [0.15, 0.2) is 110 Å². The monoisotopic (exact) mass is 845 g/mol. The maximum atomic E-state index is 11.3. The summed E-state index contributed by atoms with van der Waals surface area (Å²) in [5.74, 6) is -1.51. The van der Waals surface area contributed by atoms with Gasteiger partial charge in [0.05, 0.1) is 27.8 Å². The van der Waals surface area contributed by atoms with Gasteiger partial charge in [-0.3, -0.25) is 4.55 Å². The number of halogens is 3. The normalized spacial score (nSPS) is 11.2. The standard InChI is InChI=1S/C16H12Cl2N4O2.C16H13ClN4O5S.Cr.Na/c1-9-14(16(24)22(21-9)11-5-3-2-4-6-11)20-19-13-8-10(17)7-12(18)15(13)23;1-9-14(16(23)21(20-9)11-5-3-2-4-6-11)19-18-12-7-10(17)8-13(15(12)22)27(24,25)26;;/h2-8,23-24H,1H3;2-8,22-23H,1H3,(H,24,25,26);;/q;;;+1. The molecule has 268 valence electrons. The van der Waals surface area contributed by atoms with Gasteiger partial charge in [0.2, 0.25) is 11.8 Å². The van der Waals surface area contributed by atoms with Gasteiger partial charge in [0.25, 0.3) is 10.1 Å². The van der Waals surface area contributed by atoms with Crippen LogP contribution in [-0.2, 0) is 27.5 Å². The van der Waals surface area contributed by atoms with Crippen LogP contribution in [0, 0.1) is 13.8 Å². The molecule has 4 aromatic carbocycles. The van der Waals surface area contributed by atoms with Crippen molar-refractivity contribution >= 4 is 67.7 Å². The van der Waals surface area contributed by atoms with Gasteiger partial charge in [-0.05, 0) is 62.4 Å². The van der Waals surface area contributed by atoms with Gasteiger partial charge >= 0.3 is 29.6 Å². The molecule has 0 aliphatic carbocycles. The molecular formula is C32H25Cl3CrN8NaO7S+. The van der Waals surface area contributed by atoms with Crippen molar-refractivity contribution in [3.8, 4) is 34.6 Å². The molecule has 0 saturated carbocycles. The minimum Gasteiger partial charge on any atom is -0.504 e. The molecule has 0 unspecified atom stereocenters. The number of para-hydroxylation sites is 2. The Kier molecular flexibility index (Phi) is 15.0. The summed E-state index contributed by atoms with van der Waals surface area (Å²) in [5, 5.41) is 64.8. The summed E-state index contributed by atoms with van der Waals surface area (Å²) < 4.78 is 34.4. The molecule has 0 spiro atoms. The number of aryl methyl sites for hydroxylation is 2. The van der Waals surface area contributed by atoms with Crippen LogP contribution in [0.4, 0.5) is 22.7 Å². The van der Waals surface area contributed by atoms with Gasteiger partial charge in [-0.2, -0.15) is 28.0 Å². The summed E-state index contributed by atoms with van der Waals surface area (Å²) in [5.41, 5.74) is 2.11. The SMILES string of the molecule is Cc1nn(-c2ccccc2)c(O)c1N=Nc1cc(Cl)cc(Cl)c1O.Cc1nn(-c2ccccc2)c(O)c1N=Nc1cc(Cl)cc(S(=O)(=O)O)c1O.[Cr].[Na+]. The molecule has 15 nitrogen and oxygen atoms in total. The number of benzene rings is 4. The van der Waals surface area contributed by atoms with E-state index in [1.54, 1.807) is 50.2 Å². The summed E-state index contributed by atoms with van der Waals surface area (Å²) in [6.45, 7) is 3.28. The van der Waals surface area contributed by atoms with Crippen molar-refractivity contribution in [3.63, 3.8) is 0 Å². The van der Waals surface area contributed by atoms with Crippen LogP contribution in [0.3, 0.4) is 0 Å². The van der Waals surface area contributed by atoms with Crippen LogP contribution < -0.4 is 29.6 Å². The predicted molar refractivity (Wildman–Crippen MR) is 189 cm³/mol. The van der Waals surface area contributed by atoms with Gasteiger partial charge in [0, 0.05) is 27.4 Å². The van der Waals surface area contributed by atoms with Gasteiger partial charge in [0.15, 0.2) is 22.9 Å². The zero-order valence-corrected chi connectivity index (χ0v) is 34.0. The maximum absolute atomic E-state index is 11.3. The summed E-state index contributed by atoms with van der Waals surface area (Å²) in [6.07, 6.45) is 0. The first-order chi connectivity index (χ1) is 24.1. The third-order valence-electron chi connectivity index (χ3n) is 6.83. The van der Waals surface area contributed by atoms with E-state index in [0.717, 1.165) is 12.1 Å². The molecule has 0 aliphatic heterocycles. The van der Waals surface area contributed by atoms with Crippen LogP contribution >= 0.6 is 34.8 Å². The molecule has 2 heterocycles. The van der Waals surface area contributed by atoms with Crippen molar-refractivity contribution in [1.82, 2.24) is 19.6 Å². The van der Waals surface area contributed by atoms with Crippen LogP contribution in [0.5, 0.6) is 23.3 Å². The van der Waals surface area contributed by atoms with E-state index in [2.05, 4.69) is 30.7 Å². The molecule has 53 heavy (non-hydrogen) atoms. The quantitative estimate of drug-likeness (QED) is 0.0698. The van der Waals surface area contributed by atoms with Crippen LogP contribution in [0.25, 0.3) is 11.4 Å². The number of rotatable bonds is 7. The maximum Gasteiger partial charge on any atom is 1.00 e. The molecule has 6 rings (SSSR count). The van der Waals surface area contributed by atoms with E-state index in [4.69, 9.17) is 39.4 Å².